The van der Waals surface area contributed by atoms with Crippen molar-refractivity contribution in [1.29, 1.82) is 0 Å². The van der Waals surface area contributed by atoms with Gasteiger partial charge in [-0.15, -0.1) is 0 Å². The second-order valence-corrected chi connectivity index (χ2v) is 4.68. The second kappa shape index (κ2) is 3.73. The first-order valence-electron chi connectivity index (χ1n) is 3.89. The molecule has 0 fully saturated rings. The van der Waals surface area contributed by atoms with Gasteiger partial charge in [0, 0.05) is 10.8 Å². The molecule has 0 amide bonds. The zero-order valence-electron chi connectivity index (χ0n) is 7.29. The molecule has 0 atom stereocenters. The van der Waals surface area contributed by atoms with Gasteiger partial charge < -0.3 is 0 Å². The van der Waals surface area contributed by atoms with Gasteiger partial charge in [0.2, 0.25) is 0 Å². The molecule has 5 nitrogen and oxygen atoms in total. The van der Waals surface area contributed by atoms with Crippen LogP contribution in [0.3, 0.4) is 0 Å². The molecule has 0 spiro atoms. The molecule has 15 heavy (non-hydrogen) atoms. The molecule has 1 aromatic heterocycles. The van der Waals surface area contributed by atoms with E-state index in [1.807, 2.05) is 0 Å². The molecule has 7 heteroatoms. The molecule has 1 aromatic carbocycles. The van der Waals surface area contributed by atoms with Crippen LogP contribution in [0, 0.1) is 0 Å². The fourth-order valence-electron chi connectivity index (χ4n) is 1.17. The third-order valence-corrected chi connectivity index (χ3v) is 3.38. The Morgan fingerprint density at radius 2 is 1.80 bits per heavy atom. The standard InChI is InChI=1S/C8H5ClN2O3S/c9-14-15(12,13)8-2-1-6-4-10-11-5-7(6)3-8/h1-5H. The van der Waals surface area contributed by atoms with Crippen LogP contribution in [-0.2, 0) is 13.9 Å². The summed E-state index contributed by atoms with van der Waals surface area (Å²) < 4.78 is 26.4. The fourth-order valence-corrected chi connectivity index (χ4v) is 1.96. The van der Waals surface area contributed by atoms with E-state index >= 15 is 0 Å². The number of fused-ring (bicyclic) bond motifs is 1. The van der Waals surface area contributed by atoms with Gasteiger partial charge in [0.05, 0.1) is 29.2 Å². The maximum atomic E-state index is 11.3. The van der Waals surface area contributed by atoms with Crippen LogP contribution in [0.15, 0.2) is 35.5 Å². The predicted octanol–water partition coefficient (Wildman–Crippen LogP) is 1.49. The van der Waals surface area contributed by atoms with E-state index in [0.29, 0.717) is 5.39 Å². The lowest BCUT2D eigenvalue weighted by atomic mass is 10.2. The first kappa shape index (κ1) is 10.3. The van der Waals surface area contributed by atoms with Crippen molar-refractivity contribution in [3.05, 3.63) is 30.6 Å². The number of hydrogen-bond donors (Lipinski definition) is 0. The summed E-state index contributed by atoms with van der Waals surface area (Å²) in [5, 5.41) is 8.75. The van der Waals surface area contributed by atoms with Crippen molar-refractivity contribution >= 4 is 32.8 Å². The smallest absolute Gasteiger partial charge is 0.193 e. The van der Waals surface area contributed by atoms with Crippen LogP contribution in [-0.4, -0.2) is 18.6 Å². The van der Waals surface area contributed by atoms with Gasteiger partial charge in [0.15, 0.2) is 0 Å². The van der Waals surface area contributed by atoms with Crippen molar-refractivity contribution in [1.82, 2.24) is 10.2 Å². The Kier molecular flexibility index (Phi) is 2.56. The third kappa shape index (κ3) is 1.92. The van der Waals surface area contributed by atoms with Crippen molar-refractivity contribution in [3.8, 4) is 0 Å². The van der Waals surface area contributed by atoms with E-state index in [2.05, 4.69) is 13.9 Å². The number of halogens is 1. The predicted molar refractivity (Wildman–Crippen MR) is 53.7 cm³/mol. The van der Waals surface area contributed by atoms with Crippen LogP contribution >= 0.6 is 11.9 Å². The molecular formula is C8H5ClN2O3S. The summed E-state index contributed by atoms with van der Waals surface area (Å²) in [4.78, 5) is -0.0157. The van der Waals surface area contributed by atoms with Gasteiger partial charge in [0.1, 0.15) is 0 Å². The Balaban J connectivity index is 2.67. The SMILES string of the molecule is O=S(=O)(OCl)c1ccc2cnncc2c1. The second-order valence-electron chi connectivity index (χ2n) is 2.80. The molecule has 2 aromatic rings. The highest BCUT2D eigenvalue weighted by Crippen LogP contribution is 2.19. The average Bonchev–Trinajstić information content (AvgIpc) is 2.28. The third-order valence-electron chi connectivity index (χ3n) is 1.89. The molecule has 0 bridgehead atoms. The number of hydrogen-bond acceptors (Lipinski definition) is 5. The zero-order chi connectivity index (χ0) is 10.9. The first-order valence-corrected chi connectivity index (χ1v) is 5.61. The molecule has 0 aliphatic rings. The van der Waals surface area contributed by atoms with Crippen LogP contribution in [0.2, 0.25) is 0 Å². The lowest BCUT2D eigenvalue weighted by Crippen LogP contribution is -1.99. The van der Waals surface area contributed by atoms with E-state index in [4.69, 9.17) is 11.9 Å². The largest absolute Gasteiger partial charge is 0.312 e. The van der Waals surface area contributed by atoms with Crippen molar-refractivity contribution in [2.24, 2.45) is 0 Å². The number of benzene rings is 1. The van der Waals surface area contributed by atoms with Crippen LogP contribution < -0.4 is 0 Å². The molecule has 0 aliphatic heterocycles. The van der Waals surface area contributed by atoms with Crippen molar-refractivity contribution in [2.45, 2.75) is 4.90 Å². The van der Waals surface area contributed by atoms with Gasteiger partial charge in [-0.1, -0.05) is 6.07 Å². The van der Waals surface area contributed by atoms with E-state index in [1.165, 1.54) is 24.5 Å². The van der Waals surface area contributed by atoms with Crippen molar-refractivity contribution in [2.75, 3.05) is 0 Å². The highest BCUT2D eigenvalue weighted by Gasteiger charge is 2.14. The molecule has 78 valence electrons. The Morgan fingerprint density at radius 1 is 1.13 bits per heavy atom. The lowest BCUT2D eigenvalue weighted by Gasteiger charge is -2.00. The molecule has 1 heterocycles. The summed E-state index contributed by atoms with van der Waals surface area (Å²) in [5.41, 5.74) is 0. The zero-order valence-corrected chi connectivity index (χ0v) is 8.86. The monoisotopic (exact) mass is 244 g/mol. The van der Waals surface area contributed by atoms with E-state index < -0.39 is 10.1 Å². The molecule has 0 saturated carbocycles. The van der Waals surface area contributed by atoms with E-state index in [-0.39, 0.29) is 4.90 Å². The van der Waals surface area contributed by atoms with Gasteiger partial charge in [-0.2, -0.15) is 22.4 Å². The van der Waals surface area contributed by atoms with Crippen LogP contribution in [0.5, 0.6) is 0 Å². The van der Waals surface area contributed by atoms with Crippen LogP contribution in [0.25, 0.3) is 10.8 Å². The molecule has 0 radical (unpaired) electrons. The van der Waals surface area contributed by atoms with Gasteiger partial charge in [0.25, 0.3) is 0 Å². The summed E-state index contributed by atoms with van der Waals surface area (Å²) in [6, 6.07) is 4.41. The number of rotatable bonds is 2. The minimum Gasteiger partial charge on any atom is -0.193 e. The van der Waals surface area contributed by atoms with Gasteiger partial charge in [-0.25, -0.2) is 0 Å². The summed E-state index contributed by atoms with van der Waals surface area (Å²) in [6.45, 7) is 0. The van der Waals surface area contributed by atoms with Crippen LogP contribution in [0.4, 0.5) is 0 Å². The van der Waals surface area contributed by atoms with E-state index in [9.17, 15) is 8.42 Å². The molecule has 0 unspecified atom stereocenters. The molecular weight excluding hydrogens is 240 g/mol. The normalized spacial score (nSPS) is 11.8. The summed E-state index contributed by atoms with van der Waals surface area (Å²) >= 11 is 4.86. The minimum absolute atomic E-state index is 0.0157. The maximum Gasteiger partial charge on any atom is 0.312 e. The molecule has 2 rings (SSSR count). The minimum atomic E-state index is -3.87. The summed E-state index contributed by atoms with van der Waals surface area (Å²) in [7, 11) is -3.87. The Hall–Kier alpha value is -1.24. The highest BCUT2D eigenvalue weighted by atomic mass is 35.5. The molecule has 0 aliphatic carbocycles. The Labute approximate surface area is 90.9 Å². The van der Waals surface area contributed by atoms with E-state index in [1.54, 1.807) is 6.07 Å². The quantitative estimate of drug-likeness (QED) is 0.801. The Morgan fingerprint density at radius 3 is 2.47 bits per heavy atom. The van der Waals surface area contributed by atoms with Crippen molar-refractivity contribution < 1.29 is 12.2 Å². The van der Waals surface area contributed by atoms with Gasteiger partial charge in [-0.3, -0.25) is 0 Å². The molecule has 0 N–H and O–H groups in total. The summed E-state index contributed by atoms with van der Waals surface area (Å²) in [5.74, 6) is 0. The fraction of sp³-hybridized carbons (Fsp3) is 0. The van der Waals surface area contributed by atoms with Gasteiger partial charge >= 0.3 is 10.1 Å². The lowest BCUT2D eigenvalue weighted by molar-refractivity contribution is 0.509. The topological polar surface area (TPSA) is 69.2 Å². The maximum absolute atomic E-state index is 11.3. The highest BCUT2D eigenvalue weighted by molar-refractivity contribution is 7.87. The number of aromatic nitrogens is 2. The first-order chi connectivity index (χ1) is 7.13. The van der Waals surface area contributed by atoms with Crippen molar-refractivity contribution in [3.63, 3.8) is 0 Å². The Bertz CT molecular complexity index is 600. The number of nitrogens with zero attached hydrogens (tertiary/aromatic N) is 2. The average molecular weight is 245 g/mol. The van der Waals surface area contributed by atoms with E-state index in [0.717, 1.165) is 5.39 Å². The summed E-state index contributed by atoms with van der Waals surface area (Å²) in [6.07, 6.45) is 3.00. The molecule has 0 saturated heterocycles. The van der Waals surface area contributed by atoms with Gasteiger partial charge in [-0.05, 0) is 12.1 Å². The van der Waals surface area contributed by atoms with Crippen LogP contribution in [0.1, 0.15) is 0 Å².